The van der Waals surface area contributed by atoms with Crippen LogP contribution in [0.5, 0.6) is 0 Å². The number of halogens is 1. The van der Waals surface area contributed by atoms with E-state index < -0.39 is 5.67 Å². The van der Waals surface area contributed by atoms with Crippen LogP contribution < -0.4 is 0 Å². The van der Waals surface area contributed by atoms with E-state index in [1.165, 1.54) is 13.8 Å². The number of nitrogens with zero attached hydrogens (tertiary/aromatic N) is 1. The van der Waals surface area contributed by atoms with Gasteiger partial charge in [0.1, 0.15) is 5.67 Å². The Morgan fingerprint density at radius 1 is 1.45 bits per heavy atom. The molecule has 0 unspecified atom stereocenters. The molecule has 0 aliphatic rings. The Hall–Kier alpha value is -0.400. The topological polar surface area (TPSA) is 12.4 Å². The second-order valence-corrected chi connectivity index (χ2v) is 3.79. The van der Waals surface area contributed by atoms with Crippen molar-refractivity contribution in [1.29, 1.82) is 0 Å². The maximum Gasteiger partial charge on any atom is 0.142 e. The van der Waals surface area contributed by atoms with Crippen LogP contribution in [0.3, 0.4) is 0 Å². The maximum absolute atomic E-state index is 13.1. The van der Waals surface area contributed by atoms with Crippen molar-refractivity contribution in [3.63, 3.8) is 0 Å². The standard InChI is InChI=1S/C9H18FN/c1-7(2)6-11-8(3)9(4,5)10/h7H,6H2,1-5H3. The van der Waals surface area contributed by atoms with Crippen LogP contribution in [0.1, 0.15) is 34.6 Å². The lowest BCUT2D eigenvalue weighted by Gasteiger charge is -2.13. The largest absolute Gasteiger partial charge is 0.291 e. The summed E-state index contributed by atoms with van der Waals surface area (Å²) in [5.74, 6) is 0.507. The van der Waals surface area contributed by atoms with E-state index in [1.54, 1.807) is 6.92 Å². The first-order valence-corrected chi connectivity index (χ1v) is 4.04. The fourth-order valence-electron chi connectivity index (χ4n) is 0.507. The van der Waals surface area contributed by atoms with Gasteiger partial charge in [0.15, 0.2) is 0 Å². The van der Waals surface area contributed by atoms with Crippen molar-refractivity contribution in [3.8, 4) is 0 Å². The van der Waals surface area contributed by atoms with Gasteiger partial charge in [-0.05, 0) is 26.7 Å². The van der Waals surface area contributed by atoms with E-state index in [2.05, 4.69) is 18.8 Å². The van der Waals surface area contributed by atoms with E-state index in [9.17, 15) is 4.39 Å². The normalized spacial score (nSPS) is 14.3. The summed E-state index contributed by atoms with van der Waals surface area (Å²) in [5.41, 5.74) is -0.666. The molecule has 0 aromatic rings. The highest BCUT2D eigenvalue weighted by molar-refractivity contribution is 5.89. The molecule has 2 heteroatoms. The molecule has 0 spiro atoms. The third-order valence-electron chi connectivity index (χ3n) is 1.55. The minimum absolute atomic E-state index is 0.507. The van der Waals surface area contributed by atoms with Crippen LogP contribution >= 0.6 is 0 Å². The summed E-state index contributed by atoms with van der Waals surface area (Å²) < 4.78 is 13.1. The summed E-state index contributed by atoms with van der Waals surface area (Å²) in [7, 11) is 0. The van der Waals surface area contributed by atoms with Crippen molar-refractivity contribution < 1.29 is 4.39 Å². The molecular weight excluding hydrogens is 141 g/mol. The Labute approximate surface area is 68.7 Å². The lowest BCUT2D eigenvalue weighted by Crippen LogP contribution is -2.23. The van der Waals surface area contributed by atoms with Crippen LogP contribution in [0.4, 0.5) is 4.39 Å². The highest BCUT2D eigenvalue weighted by Crippen LogP contribution is 2.11. The van der Waals surface area contributed by atoms with Gasteiger partial charge in [-0.15, -0.1) is 0 Å². The predicted molar refractivity (Wildman–Crippen MR) is 48.0 cm³/mol. The van der Waals surface area contributed by atoms with Crippen LogP contribution in [0.25, 0.3) is 0 Å². The molecule has 11 heavy (non-hydrogen) atoms. The van der Waals surface area contributed by atoms with Crippen molar-refractivity contribution in [2.45, 2.75) is 40.3 Å². The zero-order chi connectivity index (χ0) is 9.07. The number of aliphatic imine (C=N–C) groups is 1. The van der Waals surface area contributed by atoms with Crippen LogP contribution in [0.2, 0.25) is 0 Å². The molecule has 0 fully saturated rings. The molecule has 0 bridgehead atoms. The highest BCUT2D eigenvalue weighted by Gasteiger charge is 2.18. The molecule has 0 aliphatic heterocycles. The van der Waals surface area contributed by atoms with Crippen LogP contribution in [0.15, 0.2) is 4.99 Å². The van der Waals surface area contributed by atoms with Gasteiger partial charge in [0, 0.05) is 12.3 Å². The van der Waals surface area contributed by atoms with Gasteiger partial charge in [-0.1, -0.05) is 13.8 Å². The SMILES string of the molecule is CC(=NCC(C)C)C(C)(C)F. The quantitative estimate of drug-likeness (QED) is 0.561. The van der Waals surface area contributed by atoms with Crippen molar-refractivity contribution in [2.24, 2.45) is 10.9 Å². The van der Waals surface area contributed by atoms with Gasteiger partial charge in [0.25, 0.3) is 0 Å². The third-order valence-corrected chi connectivity index (χ3v) is 1.55. The summed E-state index contributed by atoms with van der Waals surface area (Å²) in [6.45, 7) is 9.67. The second-order valence-electron chi connectivity index (χ2n) is 3.79. The molecule has 1 nitrogen and oxygen atoms in total. The molecule has 0 amide bonds. The molecule has 0 aromatic carbocycles. The second kappa shape index (κ2) is 3.84. The van der Waals surface area contributed by atoms with Gasteiger partial charge in [0.2, 0.25) is 0 Å². The van der Waals surface area contributed by atoms with E-state index in [1.807, 2.05) is 0 Å². The van der Waals surface area contributed by atoms with Crippen molar-refractivity contribution in [3.05, 3.63) is 0 Å². The minimum atomic E-state index is -1.26. The molecule has 0 saturated heterocycles. The van der Waals surface area contributed by atoms with Crippen LogP contribution in [0, 0.1) is 5.92 Å². The average molecular weight is 159 g/mol. The molecular formula is C9H18FN. The zero-order valence-corrected chi connectivity index (χ0v) is 8.11. The Morgan fingerprint density at radius 2 is 1.91 bits per heavy atom. The zero-order valence-electron chi connectivity index (χ0n) is 8.11. The summed E-state index contributed by atoms with van der Waals surface area (Å²) in [5, 5.41) is 0. The molecule has 0 rings (SSSR count). The Morgan fingerprint density at radius 3 is 2.18 bits per heavy atom. The van der Waals surface area contributed by atoms with Gasteiger partial charge >= 0.3 is 0 Å². The maximum atomic E-state index is 13.1. The molecule has 0 atom stereocenters. The first-order valence-electron chi connectivity index (χ1n) is 4.04. The number of rotatable bonds is 3. The number of hydrogen-bond acceptors (Lipinski definition) is 1. The summed E-state index contributed by atoms with van der Waals surface area (Å²) in [6, 6.07) is 0. The Kier molecular flexibility index (Phi) is 3.70. The average Bonchev–Trinajstić information content (AvgIpc) is 1.80. The molecule has 66 valence electrons. The number of alkyl halides is 1. The third kappa shape index (κ3) is 4.93. The predicted octanol–water partition coefficient (Wildman–Crippen LogP) is 2.85. The smallest absolute Gasteiger partial charge is 0.142 e. The molecule has 0 aromatic heterocycles. The lowest BCUT2D eigenvalue weighted by atomic mass is 10.1. The summed E-state index contributed by atoms with van der Waals surface area (Å²) in [4.78, 5) is 4.14. The molecule has 0 N–H and O–H groups in total. The lowest BCUT2D eigenvalue weighted by molar-refractivity contribution is 0.311. The van der Waals surface area contributed by atoms with E-state index in [0.29, 0.717) is 11.6 Å². The first kappa shape index (κ1) is 10.6. The Balaban J connectivity index is 4.02. The van der Waals surface area contributed by atoms with E-state index in [0.717, 1.165) is 6.54 Å². The first-order chi connectivity index (χ1) is 4.84. The number of hydrogen-bond donors (Lipinski definition) is 0. The molecule has 0 aliphatic carbocycles. The van der Waals surface area contributed by atoms with E-state index in [-0.39, 0.29) is 0 Å². The fraction of sp³-hybridized carbons (Fsp3) is 0.889. The highest BCUT2D eigenvalue weighted by atomic mass is 19.1. The minimum Gasteiger partial charge on any atom is -0.291 e. The molecule has 0 saturated carbocycles. The Bertz CT molecular complexity index is 142. The monoisotopic (exact) mass is 159 g/mol. The van der Waals surface area contributed by atoms with Gasteiger partial charge in [-0.25, -0.2) is 4.39 Å². The van der Waals surface area contributed by atoms with Crippen molar-refractivity contribution in [1.82, 2.24) is 0 Å². The summed E-state index contributed by atoms with van der Waals surface area (Å²) in [6.07, 6.45) is 0. The van der Waals surface area contributed by atoms with Crippen LogP contribution in [-0.2, 0) is 0 Å². The fourth-order valence-corrected chi connectivity index (χ4v) is 0.507. The van der Waals surface area contributed by atoms with E-state index >= 15 is 0 Å². The van der Waals surface area contributed by atoms with E-state index in [4.69, 9.17) is 0 Å². The summed E-state index contributed by atoms with van der Waals surface area (Å²) >= 11 is 0. The van der Waals surface area contributed by atoms with Crippen LogP contribution in [-0.4, -0.2) is 17.9 Å². The van der Waals surface area contributed by atoms with Gasteiger partial charge in [-0.2, -0.15) is 0 Å². The van der Waals surface area contributed by atoms with Crippen molar-refractivity contribution in [2.75, 3.05) is 6.54 Å². The van der Waals surface area contributed by atoms with Gasteiger partial charge in [-0.3, -0.25) is 4.99 Å². The molecule has 0 radical (unpaired) electrons. The van der Waals surface area contributed by atoms with Gasteiger partial charge < -0.3 is 0 Å². The van der Waals surface area contributed by atoms with Crippen molar-refractivity contribution >= 4 is 5.71 Å². The molecule has 0 heterocycles. The van der Waals surface area contributed by atoms with Gasteiger partial charge in [0.05, 0.1) is 0 Å².